The molecule has 1 atom stereocenters. The van der Waals surface area contributed by atoms with E-state index >= 15 is 0 Å². The molecule has 0 radical (unpaired) electrons. The van der Waals surface area contributed by atoms with Gasteiger partial charge in [-0.15, -0.1) is 0 Å². The number of fused-ring (bicyclic) bond motifs is 1. The minimum atomic E-state index is 0.376. The van der Waals surface area contributed by atoms with Gasteiger partial charge in [0.05, 0.1) is 0 Å². The highest BCUT2D eigenvalue weighted by atomic mass is 14.9. The molecule has 0 saturated heterocycles. The number of hydrogen-bond acceptors (Lipinski definition) is 1. The Kier molecular flexibility index (Phi) is 4.37. The first-order valence-corrected chi connectivity index (χ1v) is 7.66. The summed E-state index contributed by atoms with van der Waals surface area (Å²) in [6.45, 7) is 4.35. The summed E-state index contributed by atoms with van der Waals surface area (Å²) in [6, 6.07) is 19.7. The molecule has 1 unspecified atom stereocenters. The van der Waals surface area contributed by atoms with E-state index in [1.54, 1.807) is 0 Å². The van der Waals surface area contributed by atoms with Crippen molar-refractivity contribution in [3.8, 4) is 0 Å². The molecule has 0 fully saturated rings. The van der Waals surface area contributed by atoms with E-state index in [2.05, 4.69) is 83.8 Å². The Bertz CT molecular complexity index is 680. The van der Waals surface area contributed by atoms with Crippen molar-refractivity contribution in [1.82, 2.24) is 9.88 Å². The molecule has 0 aliphatic carbocycles. The normalized spacial score (nSPS) is 12.6. The van der Waals surface area contributed by atoms with E-state index in [1.165, 1.54) is 16.3 Å². The molecule has 2 aromatic carbocycles. The van der Waals surface area contributed by atoms with Crippen molar-refractivity contribution < 1.29 is 0 Å². The first-order chi connectivity index (χ1) is 10.3. The number of aryl methyl sites for hydroxylation is 1. The minimum absolute atomic E-state index is 0.376. The van der Waals surface area contributed by atoms with Gasteiger partial charge in [-0.1, -0.05) is 42.5 Å². The molecular formula is C19H22N2. The lowest BCUT2D eigenvalue weighted by molar-refractivity contribution is 0.529. The third kappa shape index (κ3) is 3.34. The van der Waals surface area contributed by atoms with Crippen LogP contribution in [0.25, 0.3) is 10.8 Å². The van der Waals surface area contributed by atoms with E-state index in [0.29, 0.717) is 6.04 Å². The Labute approximate surface area is 126 Å². The maximum absolute atomic E-state index is 3.64. The van der Waals surface area contributed by atoms with Gasteiger partial charge in [0.1, 0.15) is 0 Å². The second-order valence-corrected chi connectivity index (χ2v) is 5.52. The Balaban J connectivity index is 1.60. The van der Waals surface area contributed by atoms with Gasteiger partial charge in [0.25, 0.3) is 0 Å². The molecular weight excluding hydrogens is 256 g/mol. The van der Waals surface area contributed by atoms with Crippen molar-refractivity contribution in [3.63, 3.8) is 0 Å². The number of nitrogens with one attached hydrogen (secondary N) is 1. The highest BCUT2D eigenvalue weighted by Gasteiger charge is 2.07. The fourth-order valence-corrected chi connectivity index (χ4v) is 2.84. The summed E-state index contributed by atoms with van der Waals surface area (Å²) < 4.78 is 2.23. The van der Waals surface area contributed by atoms with Gasteiger partial charge < -0.3 is 9.88 Å². The first-order valence-electron chi connectivity index (χ1n) is 7.66. The van der Waals surface area contributed by atoms with Crippen LogP contribution in [-0.4, -0.2) is 11.1 Å². The molecule has 0 aliphatic rings. The Morgan fingerprint density at radius 2 is 1.71 bits per heavy atom. The van der Waals surface area contributed by atoms with E-state index < -0.39 is 0 Å². The molecule has 3 rings (SSSR count). The van der Waals surface area contributed by atoms with Gasteiger partial charge in [-0.3, -0.25) is 0 Å². The highest BCUT2D eigenvalue weighted by Crippen LogP contribution is 2.23. The zero-order chi connectivity index (χ0) is 14.5. The van der Waals surface area contributed by atoms with Crippen LogP contribution in [0.5, 0.6) is 0 Å². The van der Waals surface area contributed by atoms with Gasteiger partial charge in [-0.2, -0.15) is 0 Å². The Morgan fingerprint density at radius 1 is 0.952 bits per heavy atom. The quantitative estimate of drug-likeness (QED) is 0.662. The van der Waals surface area contributed by atoms with Crippen molar-refractivity contribution in [2.75, 3.05) is 6.54 Å². The third-order valence-corrected chi connectivity index (χ3v) is 4.00. The molecule has 1 aromatic heterocycles. The van der Waals surface area contributed by atoms with Crippen molar-refractivity contribution >= 4 is 10.8 Å². The van der Waals surface area contributed by atoms with Crippen LogP contribution in [0, 0.1) is 0 Å². The molecule has 0 spiro atoms. The third-order valence-electron chi connectivity index (χ3n) is 4.00. The lowest BCUT2D eigenvalue weighted by Crippen LogP contribution is -2.21. The highest BCUT2D eigenvalue weighted by molar-refractivity contribution is 5.86. The summed E-state index contributed by atoms with van der Waals surface area (Å²) in [7, 11) is 0. The maximum Gasteiger partial charge on any atom is 0.0297 e. The molecule has 21 heavy (non-hydrogen) atoms. The molecule has 0 aliphatic heterocycles. The van der Waals surface area contributed by atoms with E-state index in [1.807, 2.05) is 0 Å². The van der Waals surface area contributed by atoms with Gasteiger partial charge in [0.2, 0.25) is 0 Å². The molecule has 1 N–H and O–H groups in total. The SMILES string of the molecule is CC(NCCCn1cccc1)c1cccc2ccccc12. The van der Waals surface area contributed by atoms with Crippen LogP contribution in [0.2, 0.25) is 0 Å². The smallest absolute Gasteiger partial charge is 0.0297 e. The summed E-state index contributed by atoms with van der Waals surface area (Å²) >= 11 is 0. The molecule has 2 nitrogen and oxygen atoms in total. The van der Waals surface area contributed by atoms with Crippen molar-refractivity contribution in [2.24, 2.45) is 0 Å². The van der Waals surface area contributed by atoms with Gasteiger partial charge in [-0.25, -0.2) is 0 Å². The van der Waals surface area contributed by atoms with Crippen LogP contribution < -0.4 is 5.32 Å². The number of nitrogens with zero attached hydrogens (tertiary/aromatic N) is 1. The molecule has 0 amide bonds. The number of hydrogen-bond donors (Lipinski definition) is 1. The van der Waals surface area contributed by atoms with Crippen molar-refractivity contribution in [1.29, 1.82) is 0 Å². The van der Waals surface area contributed by atoms with E-state index in [9.17, 15) is 0 Å². The number of rotatable bonds is 6. The summed E-state index contributed by atoms with van der Waals surface area (Å²) in [6.07, 6.45) is 5.38. The summed E-state index contributed by atoms with van der Waals surface area (Å²) in [5.74, 6) is 0. The predicted octanol–water partition coefficient (Wildman–Crippen LogP) is 4.38. The molecule has 0 bridgehead atoms. The summed E-state index contributed by atoms with van der Waals surface area (Å²) in [5.41, 5.74) is 1.38. The average Bonchev–Trinajstić information content (AvgIpc) is 3.04. The largest absolute Gasteiger partial charge is 0.354 e. The lowest BCUT2D eigenvalue weighted by atomic mass is 10.00. The summed E-state index contributed by atoms with van der Waals surface area (Å²) in [4.78, 5) is 0. The van der Waals surface area contributed by atoms with Crippen molar-refractivity contribution in [2.45, 2.75) is 25.9 Å². The maximum atomic E-state index is 3.64. The van der Waals surface area contributed by atoms with Crippen LogP contribution in [-0.2, 0) is 6.54 Å². The van der Waals surface area contributed by atoms with Gasteiger partial charge in [0.15, 0.2) is 0 Å². The molecule has 0 saturated carbocycles. The van der Waals surface area contributed by atoms with Gasteiger partial charge in [-0.05, 0) is 48.4 Å². The van der Waals surface area contributed by atoms with Crippen LogP contribution in [0.15, 0.2) is 67.0 Å². The number of benzene rings is 2. The van der Waals surface area contributed by atoms with E-state index in [4.69, 9.17) is 0 Å². The van der Waals surface area contributed by atoms with Gasteiger partial charge in [0, 0.05) is 25.0 Å². The van der Waals surface area contributed by atoms with E-state index in [-0.39, 0.29) is 0 Å². The average molecular weight is 278 g/mol. The monoisotopic (exact) mass is 278 g/mol. The standard InChI is InChI=1S/C19H22N2/c1-16(20-12-7-15-21-13-4-5-14-21)18-11-6-9-17-8-2-3-10-19(17)18/h2-6,8-11,13-14,16,20H,7,12,15H2,1H3. The zero-order valence-electron chi connectivity index (χ0n) is 12.5. The second kappa shape index (κ2) is 6.59. The van der Waals surface area contributed by atoms with Crippen LogP contribution in [0.4, 0.5) is 0 Å². The summed E-state index contributed by atoms with van der Waals surface area (Å²) in [5, 5.41) is 6.31. The first kappa shape index (κ1) is 13.9. The number of aromatic nitrogens is 1. The Hall–Kier alpha value is -2.06. The van der Waals surface area contributed by atoms with Crippen molar-refractivity contribution in [3.05, 3.63) is 72.6 Å². The minimum Gasteiger partial charge on any atom is -0.354 e. The fraction of sp³-hybridized carbons (Fsp3) is 0.263. The zero-order valence-corrected chi connectivity index (χ0v) is 12.5. The molecule has 2 heteroatoms. The van der Waals surface area contributed by atoms with Crippen LogP contribution in [0.1, 0.15) is 24.9 Å². The van der Waals surface area contributed by atoms with Crippen LogP contribution in [0.3, 0.4) is 0 Å². The second-order valence-electron chi connectivity index (χ2n) is 5.52. The Morgan fingerprint density at radius 3 is 2.57 bits per heavy atom. The van der Waals surface area contributed by atoms with Gasteiger partial charge >= 0.3 is 0 Å². The fourth-order valence-electron chi connectivity index (χ4n) is 2.84. The molecule has 3 aromatic rings. The molecule has 108 valence electrons. The lowest BCUT2D eigenvalue weighted by Gasteiger charge is -2.16. The molecule has 1 heterocycles. The predicted molar refractivity (Wildman–Crippen MR) is 89.4 cm³/mol. The van der Waals surface area contributed by atoms with Crippen LogP contribution >= 0.6 is 0 Å². The van der Waals surface area contributed by atoms with E-state index in [0.717, 1.165) is 19.5 Å². The topological polar surface area (TPSA) is 17.0 Å².